The van der Waals surface area contributed by atoms with Crippen LogP contribution in [0.15, 0.2) is 73.1 Å². The first-order valence-electron chi connectivity index (χ1n) is 14.3. The number of likely N-dealkylation sites (tertiary alicyclic amines) is 2. The Labute approximate surface area is 245 Å². The molecule has 0 saturated carbocycles. The van der Waals surface area contributed by atoms with Crippen molar-refractivity contribution in [2.45, 2.75) is 63.8 Å². The smallest absolute Gasteiger partial charge is 0.251 e. The van der Waals surface area contributed by atoms with Crippen LogP contribution in [0.3, 0.4) is 0 Å². The number of hydrogen-bond donors (Lipinski definition) is 1. The highest BCUT2D eigenvalue weighted by Crippen LogP contribution is 2.30. The Bertz CT molecular complexity index is 1410. The molecule has 2 fully saturated rings. The van der Waals surface area contributed by atoms with Gasteiger partial charge in [-0.05, 0) is 64.9 Å². The summed E-state index contributed by atoms with van der Waals surface area (Å²) in [7, 11) is 0. The molecule has 2 amide bonds. The molecular formula is C33H37FN4O4. The van der Waals surface area contributed by atoms with Crippen molar-refractivity contribution in [3.63, 3.8) is 0 Å². The molecule has 9 heteroatoms. The lowest BCUT2D eigenvalue weighted by Crippen LogP contribution is -2.53. The normalized spacial score (nSPS) is 19.5. The molecule has 1 N–H and O–H groups in total. The number of carbonyl (C=O) groups excluding carboxylic acids is 3. The van der Waals surface area contributed by atoms with Crippen molar-refractivity contribution in [1.82, 2.24) is 20.1 Å². The van der Waals surface area contributed by atoms with Gasteiger partial charge in [0.05, 0.1) is 13.2 Å². The van der Waals surface area contributed by atoms with Crippen LogP contribution >= 0.6 is 0 Å². The zero-order chi connectivity index (χ0) is 29.9. The van der Waals surface area contributed by atoms with Gasteiger partial charge in [0.15, 0.2) is 5.78 Å². The van der Waals surface area contributed by atoms with Gasteiger partial charge in [0.1, 0.15) is 24.6 Å². The molecule has 8 nitrogen and oxygen atoms in total. The molecule has 2 aliphatic rings. The largest absolute Gasteiger partial charge is 0.361 e. The summed E-state index contributed by atoms with van der Waals surface area (Å²) in [5, 5.41) is 2.91. The van der Waals surface area contributed by atoms with E-state index < -0.39 is 12.1 Å². The van der Waals surface area contributed by atoms with Crippen molar-refractivity contribution in [2.75, 3.05) is 19.8 Å². The van der Waals surface area contributed by atoms with Crippen LogP contribution in [-0.2, 0) is 32.8 Å². The molecule has 0 spiro atoms. The molecule has 3 atom stereocenters. The minimum absolute atomic E-state index is 0.0389. The highest BCUT2D eigenvalue weighted by atomic mass is 19.1. The van der Waals surface area contributed by atoms with Gasteiger partial charge >= 0.3 is 0 Å². The van der Waals surface area contributed by atoms with Crippen LogP contribution in [0.1, 0.15) is 54.2 Å². The summed E-state index contributed by atoms with van der Waals surface area (Å²) in [5.41, 5.74) is 3.16. The molecule has 42 heavy (non-hydrogen) atoms. The maximum Gasteiger partial charge on any atom is 0.251 e. The quantitative estimate of drug-likeness (QED) is 0.419. The standard InChI is InChI=1S/C33H37FN4O4/c1-33(2,3)25-8-6-24(7-9-25)31(40)36-27(18-22-4-10-26(34)11-5-22)32(41)38-17-14-28-30(38)29(39)19-37(28)21-42-20-23-12-15-35-16-13-23/h4-13,15-16,27-28,30H,14,17-21H2,1-3H3,(H,36,40)/t27?,28-,30+/m1/s1. The summed E-state index contributed by atoms with van der Waals surface area (Å²) in [6.07, 6.45) is 4.21. The van der Waals surface area contributed by atoms with Gasteiger partial charge in [-0.1, -0.05) is 45.0 Å². The number of fused-ring (bicyclic) bond motifs is 1. The number of halogens is 1. The third-order valence-corrected chi connectivity index (χ3v) is 8.05. The van der Waals surface area contributed by atoms with Crippen molar-refractivity contribution in [3.8, 4) is 0 Å². The molecule has 5 rings (SSSR count). The number of ether oxygens (including phenoxy) is 1. The molecule has 1 unspecified atom stereocenters. The van der Waals surface area contributed by atoms with Crippen LogP contribution in [0.4, 0.5) is 4.39 Å². The first-order valence-corrected chi connectivity index (χ1v) is 14.3. The minimum Gasteiger partial charge on any atom is -0.361 e. The molecule has 3 aromatic rings. The summed E-state index contributed by atoms with van der Waals surface area (Å²) >= 11 is 0. The Balaban J connectivity index is 1.29. The van der Waals surface area contributed by atoms with Crippen molar-refractivity contribution in [3.05, 3.63) is 101 Å². The van der Waals surface area contributed by atoms with E-state index in [1.165, 1.54) is 12.1 Å². The van der Waals surface area contributed by atoms with Gasteiger partial charge in [0.2, 0.25) is 5.91 Å². The number of rotatable bonds is 9. The topological polar surface area (TPSA) is 91.8 Å². The van der Waals surface area contributed by atoms with Crippen molar-refractivity contribution in [2.24, 2.45) is 0 Å². The van der Waals surface area contributed by atoms with Crippen LogP contribution in [0.25, 0.3) is 0 Å². The second-order valence-electron chi connectivity index (χ2n) is 12.1. The maximum atomic E-state index is 14.0. The molecule has 220 valence electrons. The molecular weight excluding hydrogens is 535 g/mol. The average molecular weight is 573 g/mol. The molecule has 3 heterocycles. The number of aromatic nitrogens is 1. The number of hydrogen-bond acceptors (Lipinski definition) is 6. The van der Waals surface area contributed by atoms with E-state index in [9.17, 15) is 18.8 Å². The third-order valence-electron chi connectivity index (χ3n) is 8.05. The number of benzene rings is 2. The summed E-state index contributed by atoms with van der Waals surface area (Å²) in [6.45, 7) is 7.57. The summed E-state index contributed by atoms with van der Waals surface area (Å²) in [4.78, 5) is 48.1. The van der Waals surface area contributed by atoms with Gasteiger partial charge in [0.25, 0.3) is 5.91 Å². The highest BCUT2D eigenvalue weighted by Gasteiger charge is 2.50. The van der Waals surface area contributed by atoms with E-state index >= 15 is 0 Å². The second-order valence-corrected chi connectivity index (χ2v) is 12.1. The Morgan fingerprint density at radius 1 is 1.02 bits per heavy atom. The van der Waals surface area contributed by atoms with Crippen LogP contribution in [0.2, 0.25) is 0 Å². The fraction of sp³-hybridized carbons (Fsp3) is 0.394. The SMILES string of the molecule is CC(C)(C)c1ccc(C(=O)NC(Cc2ccc(F)cc2)C(=O)N2CC[C@@H]3[C@H]2C(=O)CN3COCc2ccncc2)cc1. The second kappa shape index (κ2) is 12.5. The van der Waals surface area contributed by atoms with Crippen molar-refractivity contribution >= 4 is 17.6 Å². The fourth-order valence-electron chi connectivity index (χ4n) is 5.73. The summed E-state index contributed by atoms with van der Waals surface area (Å²) in [6, 6.07) is 15.3. The highest BCUT2D eigenvalue weighted by molar-refractivity contribution is 5.99. The fourth-order valence-corrected chi connectivity index (χ4v) is 5.73. The van der Waals surface area contributed by atoms with E-state index in [2.05, 4.69) is 31.1 Å². The van der Waals surface area contributed by atoms with E-state index in [0.29, 0.717) is 30.7 Å². The predicted octanol–water partition coefficient (Wildman–Crippen LogP) is 3.89. The van der Waals surface area contributed by atoms with Crippen molar-refractivity contribution in [1.29, 1.82) is 0 Å². The molecule has 0 bridgehead atoms. The Morgan fingerprint density at radius 3 is 2.38 bits per heavy atom. The van der Waals surface area contributed by atoms with Gasteiger partial charge in [-0.25, -0.2) is 4.39 Å². The number of nitrogens with one attached hydrogen (secondary N) is 1. The molecule has 0 radical (unpaired) electrons. The number of ketones is 1. The first-order chi connectivity index (χ1) is 20.1. The van der Waals surface area contributed by atoms with Gasteiger partial charge in [-0.3, -0.25) is 24.3 Å². The zero-order valence-electron chi connectivity index (χ0n) is 24.3. The van der Waals surface area contributed by atoms with Gasteiger partial charge < -0.3 is 15.0 Å². The zero-order valence-corrected chi connectivity index (χ0v) is 24.3. The molecule has 2 aliphatic heterocycles. The van der Waals surface area contributed by atoms with Crippen molar-refractivity contribution < 1.29 is 23.5 Å². The molecule has 2 saturated heterocycles. The van der Waals surface area contributed by atoms with E-state index in [4.69, 9.17) is 4.74 Å². The Morgan fingerprint density at radius 2 is 1.71 bits per heavy atom. The van der Waals surface area contributed by atoms with Crippen LogP contribution in [0, 0.1) is 5.82 Å². The number of pyridine rings is 1. The molecule has 1 aromatic heterocycles. The Hall–Kier alpha value is -3.95. The molecule has 0 aliphatic carbocycles. The first kappa shape index (κ1) is 29.5. The lowest BCUT2D eigenvalue weighted by atomic mass is 9.86. The predicted molar refractivity (Wildman–Crippen MR) is 156 cm³/mol. The minimum atomic E-state index is -0.922. The number of carbonyl (C=O) groups is 3. The van der Waals surface area contributed by atoms with E-state index in [1.807, 2.05) is 29.2 Å². The van der Waals surface area contributed by atoms with Crippen LogP contribution < -0.4 is 5.32 Å². The van der Waals surface area contributed by atoms with E-state index in [0.717, 1.165) is 11.1 Å². The number of Topliss-reactive ketones (excluding diaryl/α,β-unsaturated/α-hetero) is 1. The van der Waals surface area contributed by atoms with Gasteiger partial charge in [-0.15, -0.1) is 0 Å². The lowest BCUT2D eigenvalue weighted by molar-refractivity contribution is -0.138. The molecule has 2 aromatic carbocycles. The van der Waals surface area contributed by atoms with Gasteiger partial charge in [0, 0.05) is 37.0 Å². The summed E-state index contributed by atoms with van der Waals surface area (Å²) in [5.74, 6) is -1.12. The van der Waals surface area contributed by atoms with Crippen LogP contribution in [-0.4, -0.2) is 70.3 Å². The number of nitrogens with zero attached hydrogens (tertiary/aromatic N) is 3. The summed E-state index contributed by atoms with van der Waals surface area (Å²) < 4.78 is 19.5. The van der Waals surface area contributed by atoms with Gasteiger partial charge in [-0.2, -0.15) is 0 Å². The third kappa shape index (κ3) is 6.74. The van der Waals surface area contributed by atoms with Crippen LogP contribution in [0.5, 0.6) is 0 Å². The van der Waals surface area contributed by atoms with E-state index in [1.54, 1.807) is 41.6 Å². The average Bonchev–Trinajstić information content (AvgIpc) is 3.55. The maximum absolute atomic E-state index is 14.0. The monoisotopic (exact) mass is 572 g/mol. The Kier molecular flexibility index (Phi) is 8.80. The van der Waals surface area contributed by atoms with E-state index in [-0.39, 0.29) is 54.6 Å². The number of amides is 2. The lowest BCUT2D eigenvalue weighted by Gasteiger charge is -2.28.